The van der Waals surface area contributed by atoms with E-state index in [0.717, 1.165) is 22.6 Å². The Hall–Kier alpha value is -2.77. The molecule has 2 atom stereocenters. The number of nitrogens with zero attached hydrogens (tertiary/aromatic N) is 1. The fourth-order valence-corrected chi connectivity index (χ4v) is 5.73. The highest BCUT2D eigenvalue weighted by Crippen LogP contribution is 2.45. The molecular weight excluding hydrogens is 515 g/mol. The molecule has 1 aromatic carbocycles. The van der Waals surface area contributed by atoms with Crippen molar-refractivity contribution in [2.45, 2.75) is 58.8 Å². The second-order valence-corrected chi connectivity index (χ2v) is 11.2. The first kappa shape index (κ1) is 27.8. The van der Waals surface area contributed by atoms with Gasteiger partial charge in [0.15, 0.2) is 0 Å². The van der Waals surface area contributed by atoms with Gasteiger partial charge in [-0.05, 0) is 61.3 Å². The molecule has 0 aliphatic heterocycles. The van der Waals surface area contributed by atoms with Gasteiger partial charge in [0.2, 0.25) is 0 Å². The molecule has 0 fully saturated rings. The molecule has 0 saturated heterocycles. The van der Waals surface area contributed by atoms with E-state index >= 15 is 0 Å². The zero-order valence-electron chi connectivity index (χ0n) is 20.3. The van der Waals surface area contributed by atoms with Crippen LogP contribution in [-0.4, -0.2) is 30.3 Å². The largest absolute Gasteiger partial charge is 0.463 e. The van der Waals surface area contributed by atoms with E-state index in [1.165, 1.54) is 31.2 Å². The monoisotopic (exact) mass is 541 g/mol. The molecule has 0 saturated carbocycles. The van der Waals surface area contributed by atoms with Crippen molar-refractivity contribution in [1.29, 1.82) is 5.26 Å². The molecule has 1 aliphatic rings. The molecule has 1 heterocycles. The average Bonchev–Trinajstić information content (AvgIpc) is 3.13. The number of fused-ring (bicyclic) bond motifs is 1. The Kier molecular flexibility index (Phi) is 7.96. The van der Waals surface area contributed by atoms with Crippen LogP contribution in [0.25, 0.3) is 0 Å². The highest BCUT2D eigenvalue weighted by Gasteiger charge is 2.64. The van der Waals surface area contributed by atoms with E-state index in [-0.39, 0.29) is 39.1 Å². The van der Waals surface area contributed by atoms with Crippen LogP contribution in [0.1, 0.15) is 60.5 Å². The quantitative estimate of drug-likeness (QED) is 0.341. The summed E-state index contributed by atoms with van der Waals surface area (Å²) in [4.78, 5) is 26.5. The van der Waals surface area contributed by atoms with Crippen molar-refractivity contribution in [2.24, 2.45) is 11.3 Å². The zero-order valence-corrected chi connectivity index (χ0v) is 21.9. The van der Waals surface area contributed by atoms with Gasteiger partial charge in [-0.25, -0.2) is 4.79 Å². The fourth-order valence-electron chi connectivity index (χ4n) is 4.20. The van der Waals surface area contributed by atoms with Crippen molar-refractivity contribution < 1.29 is 27.5 Å². The van der Waals surface area contributed by atoms with Crippen LogP contribution < -0.4 is 10.6 Å². The van der Waals surface area contributed by atoms with Crippen LogP contribution in [-0.2, 0) is 22.4 Å². The number of hydrogen-bond acceptors (Lipinski definition) is 6. The standard InChI is InChI=1S/C25H27ClF3N3O3S/c1-5-35-22(34)24(25(27,28)29,31-20(33)14-7-6-8-16(26)11-14)32-21-18(13-30)17-10-9-15(23(2,3)4)12-19(17)36-21/h6-8,11,15,32H,5,9-10,12H2,1-4H3,(H,31,33)/t15-,24+/m0/s1. The Morgan fingerprint density at radius 2 is 1.97 bits per heavy atom. The molecule has 194 valence electrons. The summed E-state index contributed by atoms with van der Waals surface area (Å²) >= 11 is 6.89. The number of anilines is 1. The second-order valence-electron chi connectivity index (χ2n) is 9.68. The maximum absolute atomic E-state index is 14.6. The van der Waals surface area contributed by atoms with Crippen LogP contribution in [0.15, 0.2) is 24.3 Å². The lowest BCUT2D eigenvalue weighted by atomic mass is 9.72. The Labute approximate surface area is 216 Å². The van der Waals surface area contributed by atoms with E-state index < -0.39 is 23.7 Å². The number of benzene rings is 1. The van der Waals surface area contributed by atoms with Crippen molar-refractivity contribution in [3.05, 3.63) is 50.9 Å². The topological polar surface area (TPSA) is 91.2 Å². The number of ether oxygens (including phenoxy) is 1. The van der Waals surface area contributed by atoms with Crippen LogP contribution in [0.3, 0.4) is 0 Å². The normalized spacial score (nSPS) is 17.4. The third-order valence-corrected chi connectivity index (χ3v) is 7.70. The van der Waals surface area contributed by atoms with Gasteiger partial charge in [-0.15, -0.1) is 11.3 Å². The number of amides is 1. The molecule has 2 N–H and O–H groups in total. The van der Waals surface area contributed by atoms with Gasteiger partial charge >= 0.3 is 17.8 Å². The highest BCUT2D eigenvalue weighted by molar-refractivity contribution is 7.16. The molecule has 1 aliphatic carbocycles. The molecule has 0 bridgehead atoms. The molecule has 36 heavy (non-hydrogen) atoms. The molecule has 11 heteroatoms. The summed E-state index contributed by atoms with van der Waals surface area (Å²) in [5.41, 5.74) is -3.12. The first-order chi connectivity index (χ1) is 16.7. The third-order valence-electron chi connectivity index (χ3n) is 6.30. The van der Waals surface area contributed by atoms with E-state index in [0.29, 0.717) is 18.4 Å². The van der Waals surface area contributed by atoms with Crippen LogP contribution in [0.5, 0.6) is 0 Å². The number of rotatable bonds is 6. The molecule has 0 spiro atoms. The number of alkyl halides is 3. The van der Waals surface area contributed by atoms with Gasteiger partial charge in [-0.3, -0.25) is 4.79 Å². The second kappa shape index (κ2) is 10.3. The Morgan fingerprint density at radius 1 is 1.28 bits per heavy atom. The van der Waals surface area contributed by atoms with Crippen molar-refractivity contribution in [2.75, 3.05) is 11.9 Å². The summed E-state index contributed by atoms with van der Waals surface area (Å²) in [6.45, 7) is 7.30. The van der Waals surface area contributed by atoms with Gasteiger partial charge in [-0.1, -0.05) is 38.4 Å². The van der Waals surface area contributed by atoms with E-state index in [1.807, 2.05) is 6.07 Å². The maximum Gasteiger partial charge on any atom is 0.441 e. The molecule has 6 nitrogen and oxygen atoms in total. The van der Waals surface area contributed by atoms with E-state index in [2.05, 4.69) is 26.1 Å². The summed E-state index contributed by atoms with van der Waals surface area (Å²) in [5, 5.41) is 13.8. The minimum absolute atomic E-state index is 0.0202. The van der Waals surface area contributed by atoms with E-state index in [4.69, 9.17) is 16.3 Å². The van der Waals surface area contributed by atoms with Gasteiger partial charge in [0, 0.05) is 15.5 Å². The number of carbonyl (C=O) groups is 2. The molecule has 0 radical (unpaired) electrons. The Balaban J connectivity index is 2.09. The Morgan fingerprint density at radius 3 is 2.53 bits per heavy atom. The maximum atomic E-state index is 14.6. The Bertz CT molecular complexity index is 1200. The summed E-state index contributed by atoms with van der Waals surface area (Å²) in [6, 6.07) is 7.30. The average molecular weight is 542 g/mol. The summed E-state index contributed by atoms with van der Waals surface area (Å²) in [5.74, 6) is -2.65. The number of nitriles is 1. The third kappa shape index (κ3) is 5.47. The fraction of sp³-hybridized carbons (Fsp3) is 0.480. The van der Waals surface area contributed by atoms with Crippen molar-refractivity contribution >= 4 is 39.8 Å². The van der Waals surface area contributed by atoms with Crippen LogP contribution >= 0.6 is 22.9 Å². The van der Waals surface area contributed by atoms with Gasteiger partial charge in [-0.2, -0.15) is 18.4 Å². The van der Waals surface area contributed by atoms with Crippen molar-refractivity contribution in [1.82, 2.24) is 5.32 Å². The summed E-state index contributed by atoms with van der Waals surface area (Å²) < 4.78 is 48.7. The number of thiophene rings is 1. The summed E-state index contributed by atoms with van der Waals surface area (Å²) in [6.07, 6.45) is -3.40. The van der Waals surface area contributed by atoms with Crippen LogP contribution in [0.4, 0.5) is 18.2 Å². The molecule has 1 aromatic heterocycles. The molecule has 2 aromatic rings. The molecule has 1 amide bonds. The van der Waals surface area contributed by atoms with Crippen LogP contribution in [0.2, 0.25) is 5.02 Å². The van der Waals surface area contributed by atoms with Gasteiger partial charge in [0.25, 0.3) is 5.91 Å². The molecule has 3 rings (SSSR count). The predicted molar refractivity (Wildman–Crippen MR) is 132 cm³/mol. The smallest absolute Gasteiger partial charge is 0.441 e. The highest BCUT2D eigenvalue weighted by atomic mass is 35.5. The lowest BCUT2D eigenvalue weighted by molar-refractivity contribution is -0.204. The minimum Gasteiger partial charge on any atom is -0.463 e. The number of carbonyl (C=O) groups excluding carboxylic acids is 2. The predicted octanol–water partition coefficient (Wildman–Crippen LogP) is 6.09. The van der Waals surface area contributed by atoms with E-state index in [1.54, 1.807) is 5.32 Å². The van der Waals surface area contributed by atoms with Crippen LogP contribution in [0, 0.1) is 22.7 Å². The van der Waals surface area contributed by atoms with Gasteiger partial charge < -0.3 is 15.4 Å². The lowest BCUT2D eigenvalue weighted by Gasteiger charge is -2.35. The van der Waals surface area contributed by atoms with Gasteiger partial charge in [0.05, 0.1) is 12.2 Å². The first-order valence-corrected chi connectivity index (χ1v) is 12.6. The number of halogens is 4. The number of hydrogen-bond donors (Lipinski definition) is 2. The lowest BCUT2D eigenvalue weighted by Crippen LogP contribution is -2.69. The summed E-state index contributed by atoms with van der Waals surface area (Å²) in [7, 11) is 0. The molecule has 0 unspecified atom stereocenters. The van der Waals surface area contributed by atoms with Crippen molar-refractivity contribution in [3.8, 4) is 6.07 Å². The SMILES string of the molecule is CCOC(=O)[C@@](NC(=O)c1cccc(Cl)c1)(Nc1sc2c(c1C#N)CC[C@H](C(C)(C)C)C2)C(F)(F)F. The number of nitrogens with one attached hydrogen (secondary N) is 2. The van der Waals surface area contributed by atoms with Crippen molar-refractivity contribution in [3.63, 3.8) is 0 Å². The minimum atomic E-state index is -5.32. The van der Waals surface area contributed by atoms with E-state index in [9.17, 15) is 28.0 Å². The van der Waals surface area contributed by atoms with Gasteiger partial charge in [0.1, 0.15) is 11.1 Å². The number of esters is 1. The molecular formula is C25H27ClF3N3O3S. The first-order valence-electron chi connectivity index (χ1n) is 11.4. The zero-order chi connectivity index (χ0) is 26.9.